The highest BCUT2D eigenvalue weighted by atomic mass is 35.5. The zero-order chi connectivity index (χ0) is 14.2. The largest absolute Gasteiger partial charge is 0.342 e. The van der Waals surface area contributed by atoms with E-state index in [1.807, 2.05) is 0 Å². The Morgan fingerprint density at radius 3 is 2.57 bits per heavy atom. The van der Waals surface area contributed by atoms with Gasteiger partial charge < -0.3 is 10.2 Å². The minimum Gasteiger partial charge on any atom is -0.342 e. The minimum atomic E-state index is -0.00691. The molecule has 2 aliphatic heterocycles. The molecule has 2 atom stereocenters. The number of amides is 1. The molecule has 0 spiro atoms. The van der Waals surface area contributed by atoms with Crippen molar-refractivity contribution >= 4 is 18.3 Å². The maximum Gasteiger partial charge on any atom is 0.228 e. The maximum absolute atomic E-state index is 13.2. The molecule has 0 aromatic carbocycles. The highest BCUT2D eigenvalue weighted by Gasteiger charge is 2.45. The smallest absolute Gasteiger partial charge is 0.228 e. The summed E-state index contributed by atoms with van der Waals surface area (Å²) >= 11 is 0. The van der Waals surface area contributed by atoms with E-state index < -0.39 is 0 Å². The summed E-state index contributed by atoms with van der Waals surface area (Å²) in [6.07, 6.45) is 7.06. The molecule has 1 N–H and O–H groups in total. The van der Waals surface area contributed by atoms with E-state index in [9.17, 15) is 4.79 Å². The van der Waals surface area contributed by atoms with E-state index in [2.05, 4.69) is 24.1 Å². The van der Waals surface area contributed by atoms with Gasteiger partial charge in [-0.3, -0.25) is 4.79 Å². The first kappa shape index (κ1) is 17.1. The topological polar surface area (TPSA) is 32.3 Å². The Morgan fingerprint density at radius 2 is 1.90 bits per heavy atom. The molecule has 3 fully saturated rings. The van der Waals surface area contributed by atoms with Crippen LogP contribution in [0.1, 0.15) is 52.4 Å². The zero-order valence-electron chi connectivity index (χ0n) is 13.6. The van der Waals surface area contributed by atoms with Gasteiger partial charge in [0.25, 0.3) is 0 Å². The minimum absolute atomic E-state index is 0. The molecule has 122 valence electrons. The standard InChI is InChI=1S/C17H30N2O.ClH/c1-13(2)9-17(6-3-4-7-17)16(20)19-8-5-14-10-18-11-15(14)12-19;/h13-15,18H,3-12H2,1-2H3;1H. The summed E-state index contributed by atoms with van der Waals surface area (Å²) in [7, 11) is 0. The average Bonchev–Trinajstić information content (AvgIpc) is 3.05. The van der Waals surface area contributed by atoms with E-state index in [1.165, 1.54) is 25.8 Å². The van der Waals surface area contributed by atoms with Crippen molar-refractivity contribution in [3.63, 3.8) is 0 Å². The first-order chi connectivity index (χ1) is 9.61. The molecule has 1 aliphatic carbocycles. The number of piperidine rings is 1. The van der Waals surface area contributed by atoms with Crippen LogP contribution in [0.15, 0.2) is 0 Å². The Kier molecular flexibility index (Phi) is 5.59. The monoisotopic (exact) mass is 314 g/mol. The fourth-order valence-electron chi connectivity index (χ4n) is 4.89. The van der Waals surface area contributed by atoms with Crippen molar-refractivity contribution in [3.8, 4) is 0 Å². The molecule has 0 aromatic heterocycles. The van der Waals surface area contributed by atoms with Gasteiger partial charge in [0.1, 0.15) is 0 Å². The van der Waals surface area contributed by atoms with Crippen molar-refractivity contribution in [2.75, 3.05) is 26.2 Å². The third-order valence-electron chi connectivity index (χ3n) is 5.80. The van der Waals surface area contributed by atoms with Crippen molar-refractivity contribution in [1.29, 1.82) is 0 Å². The van der Waals surface area contributed by atoms with Crippen molar-refractivity contribution in [3.05, 3.63) is 0 Å². The molecule has 1 saturated carbocycles. The molecular formula is C17H31ClN2O. The third kappa shape index (κ3) is 3.39. The number of hydrogen-bond acceptors (Lipinski definition) is 2. The van der Waals surface area contributed by atoms with E-state index in [0.717, 1.165) is 44.8 Å². The summed E-state index contributed by atoms with van der Waals surface area (Å²) in [6, 6.07) is 0. The van der Waals surface area contributed by atoms with Gasteiger partial charge in [-0.15, -0.1) is 12.4 Å². The van der Waals surface area contributed by atoms with Crippen molar-refractivity contribution in [1.82, 2.24) is 10.2 Å². The summed E-state index contributed by atoms with van der Waals surface area (Å²) in [4.78, 5) is 15.4. The van der Waals surface area contributed by atoms with Crippen molar-refractivity contribution in [2.45, 2.75) is 52.4 Å². The van der Waals surface area contributed by atoms with Gasteiger partial charge in [-0.25, -0.2) is 0 Å². The first-order valence-corrected chi connectivity index (χ1v) is 8.61. The number of nitrogens with one attached hydrogen (secondary N) is 1. The van der Waals surface area contributed by atoms with Crippen LogP contribution in [-0.2, 0) is 4.79 Å². The van der Waals surface area contributed by atoms with Crippen molar-refractivity contribution in [2.24, 2.45) is 23.2 Å². The molecule has 4 heteroatoms. The first-order valence-electron chi connectivity index (χ1n) is 8.61. The lowest BCUT2D eigenvalue weighted by Crippen LogP contribution is -2.49. The highest BCUT2D eigenvalue weighted by molar-refractivity contribution is 5.85. The van der Waals surface area contributed by atoms with Crippen LogP contribution in [0.3, 0.4) is 0 Å². The predicted octanol–water partition coefficient (Wildman–Crippen LogP) is 3.08. The van der Waals surface area contributed by atoms with Gasteiger partial charge in [0.05, 0.1) is 0 Å². The van der Waals surface area contributed by atoms with Crippen molar-refractivity contribution < 1.29 is 4.79 Å². The van der Waals surface area contributed by atoms with Gasteiger partial charge in [-0.1, -0.05) is 26.7 Å². The molecule has 3 nitrogen and oxygen atoms in total. The van der Waals surface area contributed by atoms with E-state index in [0.29, 0.717) is 17.7 Å². The number of hydrogen-bond donors (Lipinski definition) is 1. The summed E-state index contributed by atoms with van der Waals surface area (Å²) in [5.74, 6) is 2.66. The van der Waals surface area contributed by atoms with Gasteiger partial charge >= 0.3 is 0 Å². The number of rotatable bonds is 3. The number of carbonyl (C=O) groups is 1. The molecule has 2 heterocycles. The lowest BCUT2D eigenvalue weighted by atomic mass is 9.76. The van der Waals surface area contributed by atoms with Crippen LogP contribution in [-0.4, -0.2) is 37.0 Å². The van der Waals surface area contributed by atoms with Crippen LogP contribution in [0.2, 0.25) is 0 Å². The van der Waals surface area contributed by atoms with E-state index in [4.69, 9.17) is 0 Å². The molecule has 3 aliphatic rings. The summed E-state index contributed by atoms with van der Waals surface area (Å²) < 4.78 is 0. The van der Waals surface area contributed by atoms with Crippen LogP contribution in [0.5, 0.6) is 0 Å². The Bertz CT molecular complexity index is 366. The molecule has 0 aromatic rings. The molecular weight excluding hydrogens is 284 g/mol. The second kappa shape index (κ2) is 6.87. The third-order valence-corrected chi connectivity index (χ3v) is 5.80. The normalized spacial score (nSPS) is 31.1. The number of fused-ring (bicyclic) bond motifs is 1. The second-order valence-corrected chi connectivity index (χ2v) is 7.80. The molecule has 3 rings (SSSR count). The summed E-state index contributed by atoms with van der Waals surface area (Å²) in [6.45, 7) is 8.83. The Morgan fingerprint density at radius 1 is 1.24 bits per heavy atom. The van der Waals surface area contributed by atoms with Crippen LogP contribution < -0.4 is 5.32 Å². The lowest BCUT2D eigenvalue weighted by Gasteiger charge is -2.40. The molecule has 1 amide bonds. The van der Waals surface area contributed by atoms with Gasteiger partial charge in [0.2, 0.25) is 5.91 Å². The summed E-state index contributed by atoms with van der Waals surface area (Å²) in [5.41, 5.74) is -0.00691. The second-order valence-electron chi connectivity index (χ2n) is 7.80. The van der Waals surface area contributed by atoms with E-state index in [-0.39, 0.29) is 17.8 Å². The zero-order valence-corrected chi connectivity index (χ0v) is 14.4. The highest BCUT2D eigenvalue weighted by Crippen LogP contribution is 2.45. The molecule has 2 saturated heterocycles. The van der Waals surface area contributed by atoms with Gasteiger partial charge in [0.15, 0.2) is 0 Å². The van der Waals surface area contributed by atoms with Gasteiger partial charge in [-0.2, -0.15) is 0 Å². The van der Waals surface area contributed by atoms with Gasteiger partial charge in [0, 0.05) is 18.5 Å². The Hall–Kier alpha value is -0.280. The fourth-order valence-corrected chi connectivity index (χ4v) is 4.89. The molecule has 21 heavy (non-hydrogen) atoms. The van der Waals surface area contributed by atoms with E-state index in [1.54, 1.807) is 0 Å². The Labute approximate surface area is 135 Å². The quantitative estimate of drug-likeness (QED) is 0.868. The van der Waals surface area contributed by atoms with Crippen LogP contribution in [0.4, 0.5) is 0 Å². The van der Waals surface area contributed by atoms with Crippen LogP contribution in [0, 0.1) is 23.2 Å². The average molecular weight is 315 g/mol. The lowest BCUT2D eigenvalue weighted by molar-refractivity contribution is -0.145. The number of likely N-dealkylation sites (tertiary alicyclic amines) is 1. The van der Waals surface area contributed by atoms with Crippen LogP contribution in [0.25, 0.3) is 0 Å². The molecule has 0 radical (unpaired) electrons. The number of nitrogens with zero attached hydrogens (tertiary/aromatic N) is 1. The molecule has 0 bridgehead atoms. The van der Waals surface area contributed by atoms with E-state index >= 15 is 0 Å². The Balaban J connectivity index is 0.00000161. The number of carbonyl (C=O) groups excluding carboxylic acids is 1. The predicted molar refractivity (Wildman–Crippen MR) is 88.7 cm³/mol. The van der Waals surface area contributed by atoms with Gasteiger partial charge in [-0.05, 0) is 56.5 Å². The maximum atomic E-state index is 13.2. The van der Waals surface area contributed by atoms with Crippen LogP contribution >= 0.6 is 12.4 Å². The molecule has 2 unspecified atom stereocenters. The summed E-state index contributed by atoms with van der Waals surface area (Å²) in [5, 5.41) is 3.50. The SMILES string of the molecule is CC(C)CC1(C(=O)N2CCC3CNCC3C2)CCCC1.Cl. The fraction of sp³-hybridized carbons (Fsp3) is 0.941. The number of halogens is 1.